The standard InChI is InChI=1S/C26H26FN3O2/c1-15(2)29-26(31)20-12-18(21-6-5-16(3)9-22(21)27)11-19(13-20)23-14-25(32-30-23)24-10-17(4)7-8-28-24/h5-13,15,25H,14H2,1-4H3,(H,29,31). The zero-order chi connectivity index (χ0) is 22.8. The number of benzene rings is 2. The SMILES string of the molecule is Cc1ccnc(C2CC(c3cc(C(=O)NC(C)C)cc(-c4ccc(C)cc4F)c3)=NO2)c1. The van der Waals surface area contributed by atoms with Crippen LogP contribution >= 0.6 is 0 Å². The molecule has 1 atom stereocenters. The minimum atomic E-state index is -0.330. The van der Waals surface area contributed by atoms with Crippen LogP contribution < -0.4 is 5.32 Å². The first kappa shape index (κ1) is 21.7. The molecule has 1 amide bonds. The smallest absolute Gasteiger partial charge is 0.251 e. The van der Waals surface area contributed by atoms with Crippen LogP contribution in [-0.2, 0) is 4.84 Å². The number of aromatic nitrogens is 1. The number of oxime groups is 1. The molecule has 32 heavy (non-hydrogen) atoms. The Bertz CT molecular complexity index is 1200. The van der Waals surface area contributed by atoms with Gasteiger partial charge in [0.1, 0.15) is 5.82 Å². The second-order valence-electron chi connectivity index (χ2n) is 8.50. The average Bonchev–Trinajstić information content (AvgIpc) is 3.23. The monoisotopic (exact) mass is 431 g/mol. The fourth-order valence-electron chi connectivity index (χ4n) is 3.72. The van der Waals surface area contributed by atoms with Crippen LogP contribution in [0.15, 0.2) is 59.9 Å². The molecule has 2 heterocycles. The fraction of sp³-hybridized carbons (Fsp3) is 0.269. The molecule has 0 bridgehead atoms. The van der Waals surface area contributed by atoms with E-state index in [1.165, 1.54) is 6.07 Å². The van der Waals surface area contributed by atoms with Crippen molar-refractivity contribution in [3.8, 4) is 11.1 Å². The normalized spacial score (nSPS) is 15.4. The number of nitrogens with one attached hydrogen (secondary N) is 1. The van der Waals surface area contributed by atoms with Crippen molar-refractivity contribution in [1.82, 2.24) is 10.3 Å². The second-order valence-corrected chi connectivity index (χ2v) is 8.50. The van der Waals surface area contributed by atoms with E-state index in [-0.39, 0.29) is 23.9 Å². The van der Waals surface area contributed by atoms with E-state index < -0.39 is 0 Å². The molecule has 0 radical (unpaired) electrons. The molecule has 0 fully saturated rings. The van der Waals surface area contributed by atoms with Crippen LogP contribution in [0, 0.1) is 19.7 Å². The summed E-state index contributed by atoms with van der Waals surface area (Å²) in [5.41, 5.74) is 5.67. The van der Waals surface area contributed by atoms with Crippen LogP contribution in [0.1, 0.15) is 59.1 Å². The van der Waals surface area contributed by atoms with Gasteiger partial charge in [-0.05, 0) is 80.8 Å². The van der Waals surface area contributed by atoms with Gasteiger partial charge in [0.05, 0.1) is 11.4 Å². The number of halogens is 1. The Hall–Kier alpha value is -3.54. The maximum Gasteiger partial charge on any atom is 0.251 e. The van der Waals surface area contributed by atoms with E-state index in [2.05, 4.69) is 15.5 Å². The number of carbonyl (C=O) groups is 1. The number of aryl methyl sites for hydroxylation is 2. The van der Waals surface area contributed by atoms with Gasteiger partial charge < -0.3 is 10.2 Å². The van der Waals surface area contributed by atoms with Gasteiger partial charge >= 0.3 is 0 Å². The van der Waals surface area contributed by atoms with Gasteiger partial charge in [0, 0.05) is 35.3 Å². The van der Waals surface area contributed by atoms with Gasteiger partial charge in [-0.15, -0.1) is 0 Å². The molecule has 3 aromatic rings. The van der Waals surface area contributed by atoms with Crippen LogP contribution in [0.4, 0.5) is 4.39 Å². The Labute approximate surface area is 187 Å². The summed E-state index contributed by atoms with van der Waals surface area (Å²) in [6.45, 7) is 7.64. The Balaban J connectivity index is 1.72. The number of rotatable bonds is 5. The number of carbonyl (C=O) groups excluding carboxylic acids is 1. The molecule has 1 N–H and O–H groups in total. The highest BCUT2D eigenvalue weighted by molar-refractivity contribution is 6.05. The molecule has 1 aromatic heterocycles. The van der Waals surface area contributed by atoms with Crippen LogP contribution in [0.3, 0.4) is 0 Å². The number of nitrogens with zero attached hydrogens (tertiary/aromatic N) is 2. The van der Waals surface area contributed by atoms with Crippen molar-refractivity contribution in [1.29, 1.82) is 0 Å². The summed E-state index contributed by atoms with van der Waals surface area (Å²) in [7, 11) is 0. The van der Waals surface area contributed by atoms with Gasteiger partial charge in [0.2, 0.25) is 0 Å². The summed E-state index contributed by atoms with van der Waals surface area (Å²) in [6.07, 6.45) is 1.97. The van der Waals surface area contributed by atoms with E-state index in [4.69, 9.17) is 4.84 Å². The van der Waals surface area contributed by atoms with E-state index in [1.54, 1.807) is 24.4 Å². The Morgan fingerprint density at radius 2 is 1.81 bits per heavy atom. The quantitative estimate of drug-likeness (QED) is 0.579. The lowest BCUT2D eigenvalue weighted by Crippen LogP contribution is -2.30. The summed E-state index contributed by atoms with van der Waals surface area (Å²) >= 11 is 0. The van der Waals surface area contributed by atoms with Gasteiger partial charge in [-0.2, -0.15) is 0 Å². The highest BCUT2D eigenvalue weighted by atomic mass is 19.1. The minimum absolute atomic E-state index is 0.0188. The van der Waals surface area contributed by atoms with Crippen molar-refractivity contribution >= 4 is 11.6 Å². The van der Waals surface area contributed by atoms with Crippen LogP contribution in [0.25, 0.3) is 11.1 Å². The molecule has 0 saturated carbocycles. The van der Waals surface area contributed by atoms with Crippen molar-refractivity contribution in [3.05, 3.63) is 88.5 Å². The zero-order valence-corrected chi connectivity index (χ0v) is 18.6. The third kappa shape index (κ3) is 4.69. The Morgan fingerprint density at radius 3 is 2.53 bits per heavy atom. The first-order valence-electron chi connectivity index (χ1n) is 10.7. The number of hydrogen-bond acceptors (Lipinski definition) is 4. The van der Waals surface area contributed by atoms with Crippen molar-refractivity contribution in [2.45, 2.75) is 46.3 Å². The molecular weight excluding hydrogens is 405 g/mol. The molecule has 1 aliphatic heterocycles. The number of amides is 1. The second kappa shape index (κ2) is 8.91. The van der Waals surface area contributed by atoms with Crippen molar-refractivity contribution in [2.24, 2.45) is 5.16 Å². The molecule has 1 unspecified atom stereocenters. The first-order valence-corrected chi connectivity index (χ1v) is 10.7. The van der Waals surface area contributed by atoms with Gasteiger partial charge in [-0.3, -0.25) is 9.78 Å². The summed E-state index contributed by atoms with van der Waals surface area (Å²) in [5, 5.41) is 7.18. The lowest BCUT2D eigenvalue weighted by atomic mass is 9.94. The molecule has 2 aromatic carbocycles. The van der Waals surface area contributed by atoms with Crippen LogP contribution in [-0.4, -0.2) is 22.6 Å². The molecule has 4 rings (SSSR count). The van der Waals surface area contributed by atoms with E-state index in [0.29, 0.717) is 28.8 Å². The van der Waals surface area contributed by atoms with Crippen molar-refractivity contribution in [3.63, 3.8) is 0 Å². The summed E-state index contributed by atoms with van der Waals surface area (Å²) < 4.78 is 14.7. The predicted octanol–water partition coefficient (Wildman–Crippen LogP) is 5.51. The Kier molecular flexibility index (Phi) is 6.04. The van der Waals surface area contributed by atoms with Gasteiger partial charge in [0.15, 0.2) is 6.10 Å². The molecule has 6 heteroatoms. The third-order valence-corrected chi connectivity index (χ3v) is 5.32. The lowest BCUT2D eigenvalue weighted by molar-refractivity contribution is 0.0825. The summed E-state index contributed by atoms with van der Waals surface area (Å²) in [6, 6.07) is 14.3. The molecule has 0 saturated heterocycles. The number of pyridine rings is 1. The van der Waals surface area contributed by atoms with E-state index >= 15 is 0 Å². The largest absolute Gasteiger partial charge is 0.385 e. The van der Waals surface area contributed by atoms with Gasteiger partial charge in [0.25, 0.3) is 5.91 Å². The molecule has 1 aliphatic rings. The van der Waals surface area contributed by atoms with Crippen LogP contribution in [0.5, 0.6) is 0 Å². The van der Waals surface area contributed by atoms with E-state index in [1.807, 2.05) is 52.0 Å². The maximum atomic E-state index is 14.7. The highest BCUT2D eigenvalue weighted by Crippen LogP contribution is 2.32. The van der Waals surface area contributed by atoms with Gasteiger partial charge in [-0.1, -0.05) is 17.3 Å². The minimum Gasteiger partial charge on any atom is -0.385 e. The zero-order valence-electron chi connectivity index (χ0n) is 18.6. The van der Waals surface area contributed by atoms with E-state index in [0.717, 1.165) is 22.4 Å². The highest BCUT2D eigenvalue weighted by Gasteiger charge is 2.26. The predicted molar refractivity (Wildman–Crippen MR) is 123 cm³/mol. The topological polar surface area (TPSA) is 63.6 Å². The molecule has 164 valence electrons. The first-order chi connectivity index (χ1) is 15.3. The van der Waals surface area contributed by atoms with E-state index in [9.17, 15) is 9.18 Å². The molecule has 0 aliphatic carbocycles. The van der Waals surface area contributed by atoms with Gasteiger partial charge in [-0.25, -0.2) is 4.39 Å². The lowest BCUT2D eigenvalue weighted by Gasteiger charge is -2.13. The van der Waals surface area contributed by atoms with Crippen molar-refractivity contribution < 1.29 is 14.0 Å². The maximum absolute atomic E-state index is 14.7. The Morgan fingerprint density at radius 1 is 1.06 bits per heavy atom. The van der Waals surface area contributed by atoms with Crippen molar-refractivity contribution in [2.75, 3.05) is 0 Å². The summed E-state index contributed by atoms with van der Waals surface area (Å²) in [4.78, 5) is 22.8. The average molecular weight is 432 g/mol. The molecular formula is C26H26FN3O2. The number of hydrogen-bond donors (Lipinski definition) is 1. The molecule has 5 nitrogen and oxygen atoms in total. The van der Waals surface area contributed by atoms with Crippen LogP contribution in [0.2, 0.25) is 0 Å². The fourth-order valence-corrected chi connectivity index (χ4v) is 3.72. The molecule has 0 spiro atoms. The summed E-state index contributed by atoms with van der Waals surface area (Å²) in [5.74, 6) is -0.546. The third-order valence-electron chi connectivity index (χ3n) is 5.32.